The molecule has 2 atom stereocenters. The van der Waals surface area contributed by atoms with E-state index in [9.17, 15) is 5.11 Å². The van der Waals surface area contributed by atoms with E-state index in [1.54, 1.807) is 6.07 Å². The lowest BCUT2D eigenvalue weighted by atomic mass is 9.89. The van der Waals surface area contributed by atoms with Crippen molar-refractivity contribution >= 4 is 15.9 Å². The Balaban J connectivity index is 1.53. The van der Waals surface area contributed by atoms with Crippen LogP contribution < -0.4 is 0 Å². The minimum atomic E-state index is 0.411. The molecule has 1 N–H and O–H groups in total. The number of nitrogens with zero attached hydrogens (tertiary/aromatic N) is 2. The van der Waals surface area contributed by atoms with Crippen LogP contribution in [0.15, 0.2) is 22.7 Å². The van der Waals surface area contributed by atoms with Crippen LogP contribution in [0.4, 0.5) is 0 Å². The van der Waals surface area contributed by atoms with Crippen molar-refractivity contribution in [3.8, 4) is 5.75 Å². The maximum atomic E-state index is 10.0. The Bertz CT molecular complexity index is 518. The van der Waals surface area contributed by atoms with Crippen molar-refractivity contribution in [2.24, 2.45) is 11.8 Å². The number of likely N-dealkylation sites (tertiary alicyclic amines) is 2. The molecule has 1 aromatic rings. The molecule has 4 heteroatoms. The Morgan fingerprint density at radius 1 is 1.13 bits per heavy atom. The summed E-state index contributed by atoms with van der Waals surface area (Å²) in [5.41, 5.74) is 1.03. The topological polar surface area (TPSA) is 26.7 Å². The van der Waals surface area contributed by atoms with Crippen LogP contribution in [0.3, 0.4) is 0 Å². The van der Waals surface area contributed by atoms with Crippen LogP contribution in [-0.2, 0) is 6.54 Å². The van der Waals surface area contributed by atoms with Crippen LogP contribution in [0.5, 0.6) is 5.75 Å². The second-order valence-corrected chi connectivity index (χ2v) is 8.60. The van der Waals surface area contributed by atoms with Gasteiger partial charge in [0.1, 0.15) is 5.75 Å². The van der Waals surface area contributed by atoms with Crippen molar-refractivity contribution in [1.29, 1.82) is 0 Å². The molecule has 0 saturated carbocycles. The molecule has 2 aliphatic heterocycles. The highest BCUT2D eigenvalue weighted by atomic mass is 79.9. The molecule has 2 aliphatic rings. The van der Waals surface area contributed by atoms with Gasteiger partial charge in [0.15, 0.2) is 0 Å². The molecule has 0 aliphatic carbocycles. The van der Waals surface area contributed by atoms with Gasteiger partial charge in [-0.2, -0.15) is 0 Å². The fourth-order valence-corrected chi connectivity index (χ4v) is 4.78. The number of piperidine rings is 2. The summed E-state index contributed by atoms with van der Waals surface area (Å²) in [5.74, 6) is 2.10. The molecule has 2 fully saturated rings. The number of phenols is 1. The lowest BCUT2D eigenvalue weighted by Crippen LogP contribution is -2.49. The highest BCUT2D eigenvalue weighted by molar-refractivity contribution is 9.10. The van der Waals surface area contributed by atoms with Crippen LogP contribution in [0, 0.1) is 11.8 Å². The van der Waals surface area contributed by atoms with Gasteiger partial charge in [-0.05, 0) is 62.4 Å². The van der Waals surface area contributed by atoms with E-state index < -0.39 is 0 Å². The summed E-state index contributed by atoms with van der Waals surface area (Å²) in [6, 6.07) is 6.47. The lowest BCUT2D eigenvalue weighted by molar-refractivity contribution is 0.0528. The monoisotopic (exact) mass is 380 g/mol. The summed E-state index contributed by atoms with van der Waals surface area (Å²) >= 11 is 3.50. The van der Waals surface area contributed by atoms with Crippen LogP contribution in [0.25, 0.3) is 0 Å². The van der Waals surface area contributed by atoms with E-state index >= 15 is 0 Å². The molecule has 3 rings (SSSR count). The van der Waals surface area contributed by atoms with Crippen LogP contribution >= 0.6 is 15.9 Å². The highest BCUT2D eigenvalue weighted by Gasteiger charge is 2.30. The van der Waals surface area contributed by atoms with E-state index in [4.69, 9.17) is 0 Å². The first kappa shape index (κ1) is 17.2. The van der Waals surface area contributed by atoms with E-state index in [1.807, 2.05) is 12.1 Å². The number of aromatic hydroxyl groups is 1. The Morgan fingerprint density at radius 3 is 2.43 bits per heavy atom. The van der Waals surface area contributed by atoms with Gasteiger partial charge in [0.2, 0.25) is 0 Å². The Morgan fingerprint density at radius 2 is 1.78 bits per heavy atom. The number of rotatable bonds is 3. The van der Waals surface area contributed by atoms with Crippen LogP contribution in [0.1, 0.15) is 38.7 Å². The molecule has 0 aromatic heterocycles. The van der Waals surface area contributed by atoms with Crippen molar-refractivity contribution in [2.75, 3.05) is 26.2 Å². The normalized spacial score (nSPS) is 28.1. The van der Waals surface area contributed by atoms with Crippen molar-refractivity contribution in [3.63, 3.8) is 0 Å². The molecule has 2 saturated heterocycles. The first-order valence-electron chi connectivity index (χ1n) is 8.95. The molecule has 1 aromatic carbocycles. The predicted molar refractivity (Wildman–Crippen MR) is 98.6 cm³/mol. The molecule has 128 valence electrons. The zero-order valence-corrected chi connectivity index (χ0v) is 15.9. The van der Waals surface area contributed by atoms with Crippen molar-refractivity contribution < 1.29 is 5.11 Å². The average Bonchev–Trinajstić information content (AvgIpc) is 2.51. The largest absolute Gasteiger partial charge is 0.508 e. The van der Waals surface area contributed by atoms with Gasteiger partial charge in [-0.3, -0.25) is 9.80 Å². The second-order valence-electron chi connectivity index (χ2n) is 7.68. The van der Waals surface area contributed by atoms with E-state index in [2.05, 4.69) is 39.6 Å². The number of hydrogen-bond donors (Lipinski definition) is 1. The van der Waals surface area contributed by atoms with Gasteiger partial charge >= 0.3 is 0 Å². The minimum Gasteiger partial charge on any atom is -0.508 e. The maximum absolute atomic E-state index is 10.0. The summed E-state index contributed by atoms with van der Waals surface area (Å²) in [7, 11) is 0. The molecule has 0 spiro atoms. The highest BCUT2D eigenvalue weighted by Crippen LogP contribution is 2.28. The Labute approximate surface area is 148 Å². The maximum Gasteiger partial charge on any atom is 0.120 e. The fraction of sp³-hybridized carbons (Fsp3) is 0.684. The van der Waals surface area contributed by atoms with Crippen LogP contribution in [0.2, 0.25) is 0 Å². The van der Waals surface area contributed by atoms with Gasteiger partial charge in [-0.25, -0.2) is 0 Å². The first-order chi connectivity index (χ1) is 11.0. The quantitative estimate of drug-likeness (QED) is 0.854. The first-order valence-corrected chi connectivity index (χ1v) is 9.74. The molecular formula is C19H29BrN2O. The standard InChI is InChI=1S/C19H29BrN2O/c1-14-9-15(2)12-22(11-14)18-5-7-21(8-6-18)13-16-10-17(20)3-4-19(16)23/h3-4,10,14-15,18,23H,5-9,11-13H2,1-2H3/t14-,15-/m0/s1. The Hall–Kier alpha value is -0.580. The van der Waals surface area contributed by atoms with Gasteiger partial charge in [-0.15, -0.1) is 0 Å². The van der Waals surface area contributed by atoms with E-state index in [-0.39, 0.29) is 0 Å². The molecule has 0 bridgehead atoms. The van der Waals surface area contributed by atoms with Gasteiger partial charge in [-0.1, -0.05) is 29.8 Å². The SMILES string of the molecule is C[C@H]1C[C@H](C)CN(C2CCN(Cc3cc(Br)ccc3O)CC2)C1. The molecule has 3 nitrogen and oxygen atoms in total. The second kappa shape index (κ2) is 7.54. The molecule has 2 heterocycles. The summed E-state index contributed by atoms with van der Waals surface area (Å²) in [4.78, 5) is 5.22. The minimum absolute atomic E-state index is 0.411. The molecule has 0 radical (unpaired) electrons. The van der Waals surface area contributed by atoms with Gasteiger partial charge < -0.3 is 5.11 Å². The summed E-state index contributed by atoms with van der Waals surface area (Å²) in [6.45, 7) is 10.5. The Kier molecular flexibility index (Phi) is 5.65. The predicted octanol–water partition coefficient (Wildman–Crippen LogP) is 4.10. The average molecular weight is 381 g/mol. The van der Waals surface area contributed by atoms with Crippen molar-refractivity contribution in [1.82, 2.24) is 9.80 Å². The third-order valence-electron chi connectivity index (χ3n) is 5.41. The van der Waals surface area contributed by atoms with E-state index in [0.29, 0.717) is 5.75 Å². The third-order valence-corrected chi connectivity index (χ3v) is 5.90. The zero-order valence-electron chi connectivity index (χ0n) is 14.3. The fourth-order valence-electron chi connectivity index (χ4n) is 4.37. The summed E-state index contributed by atoms with van der Waals surface area (Å²) in [6.07, 6.45) is 3.90. The number of benzene rings is 1. The molecule has 0 amide bonds. The van der Waals surface area contributed by atoms with Gasteiger partial charge in [0, 0.05) is 35.7 Å². The molecule has 0 unspecified atom stereocenters. The number of hydrogen-bond acceptors (Lipinski definition) is 3. The summed E-state index contributed by atoms with van der Waals surface area (Å²) < 4.78 is 1.04. The number of phenolic OH excluding ortho intramolecular Hbond substituents is 1. The lowest BCUT2D eigenvalue weighted by Gasteiger charge is -2.43. The van der Waals surface area contributed by atoms with Crippen molar-refractivity contribution in [2.45, 2.75) is 45.7 Å². The molecular weight excluding hydrogens is 352 g/mol. The number of halogens is 1. The van der Waals surface area contributed by atoms with Crippen LogP contribution in [-0.4, -0.2) is 47.1 Å². The smallest absolute Gasteiger partial charge is 0.120 e. The van der Waals surface area contributed by atoms with Crippen molar-refractivity contribution in [3.05, 3.63) is 28.2 Å². The van der Waals surface area contributed by atoms with Gasteiger partial charge in [0.05, 0.1) is 0 Å². The third kappa shape index (κ3) is 4.49. The van der Waals surface area contributed by atoms with Gasteiger partial charge in [0.25, 0.3) is 0 Å². The van der Waals surface area contributed by atoms with E-state index in [0.717, 1.165) is 47.5 Å². The summed E-state index contributed by atoms with van der Waals surface area (Å²) in [5, 5.41) is 10.0. The zero-order chi connectivity index (χ0) is 16.4. The molecule has 23 heavy (non-hydrogen) atoms. The van der Waals surface area contributed by atoms with E-state index in [1.165, 1.54) is 32.4 Å².